The molecule has 2 N–H and O–H groups in total. The number of hydrogen-bond acceptors (Lipinski definition) is 7. The Kier molecular flexibility index (Phi) is 4.05. The van der Waals surface area contributed by atoms with Gasteiger partial charge in [-0.05, 0) is 25.0 Å². The maximum absolute atomic E-state index is 12.6. The highest BCUT2D eigenvalue weighted by atomic mass is 32.2. The van der Waals surface area contributed by atoms with E-state index in [1.807, 2.05) is 0 Å². The highest BCUT2D eigenvalue weighted by molar-refractivity contribution is 8.14. The predicted octanol–water partition coefficient (Wildman–Crippen LogP) is 0.595. The van der Waals surface area contributed by atoms with Crippen LogP contribution in [-0.2, 0) is 10.0 Å². The van der Waals surface area contributed by atoms with E-state index in [2.05, 4.69) is 14.9 Å². The van der Waals surface area contributed by atoms with E-state index in [0.717, 1.165) is 37.5 Å². The zero-order valence-electron chi connectivity index (χ0n) is 13.4. The number of nitrogens with zero attached hydrogens (tertiary/aromatic N) is 4. The molecule has 0 aliphatic carbocycles. The smallest absolute Gasteiger partial charge is 0.243 e. The molecule has 132 valence electrons. The molecule has 4 rings (SSSR count). The van der Waals surface area contributed by atoms with Crippen LogP contribution in [0.2, 0.25) is 0 Å². The normalized spacial score (nSPS) is 18.1. The first-order chi connectivity index (χ1) is 11.9. The SMILES string of the molecule is NS(=O)(=O)c1cn(C2=NCCS2)c2nc(N3CCCC3)ccc2c1=O. The van der Waals surface area contributed by atoms with Crippen molar-refractivity contribution >= 4 is 43.8 Å². The van der Waals surface area contributed by atoms with Gasteiger partial charge in [0.05, 0.1) is 11.9 Å². The zero-order valence-corrected chi connectivity index (χ0v) is 15.0. The van der Waals surface area contributed by atoms with Crippen LogP contribution in [0.25, 0.3) is 11.0 Å². The van der Waals surface area contributed by atoms with E-state index in [-0.39, 0.29) is 5.39 Å². The monoisotopic (exact) mass is 379 g/mol. The summed E-state index contributed by atoms with van der Waals surface area (Å²) in [7, 11) is -4.14. The van der Waals surface area contributed by atoms with Crippen molar-refractivity contribution in [3.8, 4) is 0 Å². The Morgan fingerprint density at radius 2 is 1.96 bits per heavy atom. The van der Waals surface area contributed by atoms with Crippen LogP contribution in [0.5, 0.6) is 0 Å². The predicted molar refractivity (Wildman–Crippen MR) is 99.0 cm³/mol. The van der Waals surface area contributed by atoms with E-state index in [0.29, 0.717) is 17.4 Å². The standard InChI is InChI=1S/C15H17N5O3S2/c16-25(22,23)11-9-20(15-17-5-8-24-15)14-10(13(11)21)3-4-12(18-14)19-6-1-2-7-19/h3-4,9H,1-2,5-8H2,(H2,16,22,23). The van der Waals surface area contributed by atoms with Gasteiger partial charge in [0.2, 0.25) is 15.5 Å². The van der Waals surface area contributed by atoms with Crippen molar-refractivity contribution in [3.63, 3.8) is 0 Å². The second kappa shape index (κ2) is 6.11. The summed E-state index contributed by atoms with van der Waals surface area (Å²) in [4.78, 5) is 23.4. The van der Waals surface area contributed by atoms with Crippen LogP contribution < -0.4 is 15.5 Å². The number of sulfonamides is 1. The third-order valence-corrected chi connectivity index (χ3v) is 6.19. The molecule has 4 heterocycles. The lowest BCUT2D eigenvalue weighted by Gasteiger charge is -2.18. The van der Waals surface area contributed by atoms with Crippen molar-refractivity contribution in [1.29, 1.82) is 0 Å². The first-order valence-corrected chi connectivity index (χ1v) is 10.5. The first kappa shape index (κ1) is 16.6. The van der Waals surface area contributed by atoms with Gasteiger partial charge in [-0.15, -0.1) is 0 Å². The van der Waals surface area contributed by atoms with E-state index in [4.69, 9.17) is 5.14 Å². The van der Waals surface area contributed by atoms with Crippen LogP contribution in [-0.4, -0.2) is 48.5 Å². The molecule has 0 unspecified atom stereocenters. The van der Waals surface area contributed by atoms with Gasteiger partial charge < -0.3 is 4.90 Å². The number of hydrogen-bond donors (Lipinski definition) is 1. The van der Waals surface area contributed by atoms with Crippen molar-refractivity contribution in [3.05, 3.63) is 28.6 Å². The molecule has 1 saturated heterocycles. The third kappa shape index (κ3) is 2.94. The largest absolute Gasteiger partial charge is 0.357 e. The van der Waals surface area contributed by atoms with Gasteiger partial charge in [-0.25, -0.2) is 18.5 Å². The lowest BCUT2D eigenvalue weighted by atomic mass is 10.2. The van der Waals surface area contributed by atoms with Crippen LogP contribution in [0, 0.1) is 0 Å². The van der Waals surface area contributed by atoms with Gasteiger partial charge in [0.25, 0.3) is 0 Å². The van der Waals surface area contributed by atoms with Gasteiger partial charge in [-0.3, -0.25) is 14.4 Å². The molecule has 25 heavy (non-hydrogen) atoms. The van der Waals surface area contributed by atoms with Crippen molar-refractivity contribution in [2.45, 2.75) is 17.7 Å². The Labute approximate surface area is 148 Å². The average Bonchev–Trinajstić information content (AvgIpc) is 3.27. The van der Waals surface area contributed by atoms with E-state index >= 15 is 0 Å². The van der Waals surface area contributed by atoms with Gasteiger partial charge in [0, 0.05) is 25.0 Å². The molecule has 0 atom stereocenters. The summed E-state index contributed by atoms with van der Waals surface area (Å²) in [6, 6.07) is 3.39. The number of thioether (sulfide) groups is 1. The summed E-state index contributed by atoms with van der Waals surface area (Å²) >= 11 is 1.50. The number of aliphatic imine (C=N–C) groups is 1. The first-order valence-electron chi connectivity index (χ1n) is 7.97. The summed E-state index contributed by atoms with van der Waals surface area (Å²) in [6.45, 7) is 2.49. The van der Waals surface area contributed by atoms with Crippen molar-refractivity contribution in [2.75, 3.05) is 30.3 Å². The Bertz CT molecular complexity index is 1040. The van der Waals surface area contributed by atoms with Crippen molar-refractivity contribution in [2.24, 2.45) is 10.1 Å². The average molecular weight is 379 g/mol. The van der Waals surface area contributed by atoms with Gasteiger partial charge in [0.1, 0.15) is 10.7 Å². The lowest BCUT2D eigenvalue weighted by molar-refractivity contribution is 0.596. The molecule has 8 nitrogen and oxygen atoms in total. The maximum atomic E-state index is 12.6. The number of fused-ring (bicyclic) bond motifs is 1. The molecule has 10 heteroatoms. The number of anilines is 1. The van der Waals surface area contributed by atoms with E-state index in [1.54, 1.807) is 16.7 Å². The molecular formula is C15H17N5O3S2. The lowest BCUT2D eigenvalue weighted by Crippen LogP contribution is -2.26. The van der Waals surface area contributed by atoms with Crippen LogP contribution in [0.15, 0.2) is 33.0 Å². The summed E-state index contributed by atoms with van der Waals surface area (Å²) in [5, 5.41) is 6.08. The third-order valence-electron chi connectivity index (χ3n) is 4.32. The molecular weight excluding hydrogens is 362 g/mol. The number of primary sulfonamides is 1. The summed E-state index contributed by atoms with van der Waals surface area (Å²) in [5.41, 5.74) is -0.215. The summed E-state index contributed by atoms with van der Waals surface area (Å²) < 4.78 is 25.2. The van der Waals surface area contributed by atoms with Gasteiger partial charge >= 0.3 is 0 Å². The second-order valence-electron chi connectivity index (χ2n) is 5.99. The Morgan fingerprint density at radius 3 is 2.60 bits per heavy atom. The van der Waals surface area contributed by atoms with Crippen LogP contribution in [0.1, 0.15) is 12.8 Å². The Hall–Kier alpha value is -1.91. The fraction of sp³-hybridized carbons (Fsp3) is 0.400. The number of rotatable bonds is 2. The Morgan fingerprint density at radius 1 is 1.20 bits per heavy atom. The molecule has 2 aromatic rings. The van der Waals surface area contributed by atoms with Crippen molar-refractivity contribution in [1.82, 2.24) is 9.55 Å². The molecule has 0 spiro atoms. The molecule has 0 saturated carbocycles. The summed E-state index contributed by atoms with van der Waals surface area (Å²) in [6.07, 6.45) is 3.47. The minimum atomic E-state index is -4.14. The highest BCUT2D eigenvalue weighted by Gasteiger charge is 2.23. The Balaban J connectivity index is 2.01. The molecule has 0 bridgehead atoms. The molecule has 2 aromatic heterocycles. The maximum Gasteiger partial charge on any atom is 0.243 e. The highest BCUT2D eigenvalue weighted by Crippen LogP contribution is 2.24. The molecule has 0 amide bonds. The summed E-state index contributed by atoms with van der Waals surface area (Å²) in [5.74, 6) is 1.59. The molecule has 0 aromatic carbocycles. The van der Waals surface area contributed by atoms with Gasteiger partial charge in [0.15, 0.2) is 10.8 Å². The molecule has 2 aliphatic heterocycles. The van der Waals surface area contributed by atoms with Gasteiger partial charge in [-0.1, -0.05) is 11.8 Å². The quantitative estimate of drug-likeness (QED) is 0.818. The molecule has 0 radical (unpaired) electrons. The van der Waals surface area contributed by atoms with E-state index in [1.165, 1.54) is 18.0 Å². The van der Waals surface area contributed by atoms with Gasteiger partial charge in [-0.2, -0.15) is 0 Å². The number of nitrogens with two attached hydrogens (primary N) is 1. The number of pyridine rings is 2. The van der Waals surface area contributed by atoms with E-state index in [9.17, 15) is 13.2 Å². The van der Waals surface area contributed by atoms with Crippen LogP contribution in [0.3, 0.4) is 0 Å². The molecule has 1 fully saturated rings. The van der Waals surface area contributed by atoms with Crippen LogP contribution in [0.4, 0.5) is 5.82 Å². The van der Waals surface area contributed by atoms with Crippen LogP contribution >= 0.6 is 11.8 Å². The second-order valence-corrected chi connectivity index (χ2v) is 8.58. The zero-order chi connectivity index (χ0) is 17.6. The number of aromatic nitrogens is 2. The fourth-order valence-electron chi connectivity index (χ4n) is 3.11. The van der Waals surface area contributed by atoms with Crippen molar-refractivity contribution < 1.29 is 8.42 Å². The minimum absolute atomic E-state index is 0.227. The fourth-order valence-corrected chi connectivity index (χ4v) is 4.56. The van der Waals surface area contributed by atoms with E-state index < -0.39 is 20.3 Å². The minimum Gasteiger partial charge on any atom is -0.357 e. The molecule has 2 aliphatic rings. The topological polar surface area (TPSA) is 111 Å².